The van der Waals surface area contributed by atoms with Crippen molar-refractivity contribution in [1.82, 2.24) is 10.4 Å². The first kappa shape index (κ1) is 11.7. The summed E-state index contributed by atoms with van der Waals surface area (Å²) in [5.41, 5.74) is 4.22. The van der Waals surface area contributed by atoms with Crippen LogP contribution in [0, 0.1) is 5.92 Å². The molecule has 2 rings (SSSR count). The van der Waals surface area contributed by atoms with Gasteiger partial charge in [0.25, 0.3) is 0 Å². The Kier molecular flexibility index (Phi) is 4.44. The van der Waals surface area contributed by atoms with Crippen LogP contribution in [0.3, 0.4) is 0 Å². The Morgan fingerprint density at radius 3 is 2.94 bits per heavy atom. The van der Waals surface area contributed by atoms with Crippen LogP contribution in [0.4, 0.5) is 0 Å². The Labute approximate surface area is 96.3 Å². The summed E-state index contributed by atoms with van der Waals surface area (Å²) in [4.78, 5) is 7.66. The van der Waals surface area contributed by atoms with Crippen LogP contribution in [0.5, 0.6) is 0 Å². The average molecular weight is 228 g/mol. The Morgan fingerprint density at radius 1 is 1.38 bits per heavy atom. The van der Waals surface area contributed by atoms with Crippen molar-refractivity contribution >= 4 is 0 Å². The number of rotatable bonds is 8. The monoisotopic (exact) mass is 228 g/mol. The SMILES string of the molecule is COCCOCCONC1=CN2CCC1C2. The highest BCUT2D eigenvalue weighted by atomic mass is 16.7. The van der Waals surface area contributed by atoms with Gasteiger partial charge < -0.3 is 14.4 Å². The Bertz CT molecular complexity index is 245. The minimum Gasteiger partial charge on any atom is -0.382 e. The fourth-order valence-electron chi connectivity index (χ4n) is 2.05. The lowest BCUT2D eigenvalue weighted by atomic mass is 10.1. The van der Waals surface area contributed by atoms with E-state index in [4.69, 9.17) is 14.3 Å². The third-order valence-electron chi connectivity index (χ3n) is 2.93. The van der Waals surface area contributed by atoms with Crippen molar-refractivity contribution in [2.45, 2.75) is 6.42 Å². The van der Waals surface area contributed by atoms with E-state index in [2.05, 4.69) is 16.6 Å². The van der Waals surface area contributed by atoms with Crippen molar-refractivity contribution in [3.05, 3.63) is 11.9 Å². The zero-order chi connectivity index (χ0) is 11.2. The van der Waals surface area contributed by atoms with Crippen molar-refractivity contribution in [2.24, 2.45) is 5.92 Å². The van der Waals surface area contributed by atoms with Gasteiger partial charge in [-0.25, -0.2) is 0 Å². The first-order chi connectivity index (χ1) is 7.90. The minimum absolute atomic E-state index is 0.563. The molecule has 5 heteroatoms. The van der Waals surface area contributed by atoms with Crippen molar-refractivity contribution in [3.63, 3.8) is 0 Å². The van der Waals surface area contributed by atoms with Crippen LogP contribution < -0.4 is 5.48 Å². The fraction of sp³-hybridized carbons (Fsp3) is 0.818. The van der Waals surface area contributed by atoms with E-state index in [1.807, 2.05) is 0 Å². The molecule has 0 aromatic heterocycles. The molecule has 0 spiro atoms. The van der Waals surface area contributed by atoms with Gasteiger partial charge in [0.1, 0.15) is 0 Å². The standard InChI is InChI=1S/C11H20N2O3/c1-14-4-5-15-6-7-16-12-11-9-13-3-2-10(11)8-13/h9-10,12H,2-8H2,1H3. The molecule has 0 aliphatic carbocycles. The summed E-state index contributed by atoms with van der Waals surface area (Å²) in [5.74, 6) is 0.648. The average Bonchev–Trinajstić information content (AvgIpc) is 2.90. The van der Waals surface area contributed by atoms with Crippen molar-refractivity contribution < 1.29 is 14.3 Å². The predicted octanol–water partition coefficient (Wildman–Crippen LogP) is 0.347. The minimum atomic E-state index is 0.563. The topological polar surface area (TPSA) is 43.0 Å². The number of methoxy groups -OCH3 is 1. The second-order valence-electron chi connectivity index (χ2n) is 4.12. The van der Waals surface area contributed by atoms with Crippen LogP contribution in [0.15, 0.2) is 11.9 Å². The zero-order valence-electron chi connectivity index (χ0n) is 9.78. The van der Waals surface area contributed by atoms with Crippen LogP contribution >= 0.6 is 0 Å². The van der Waals surface area contributed by atoms with E-state index in [-0.39, 0.29) is 0 Å². The van der Waals surface area contributed by atoms with Crippen LogP contribution in [0.25, 0.3) is 0 Å². The number of hydroxylamine groups is 1. The van der Waals surface area contributed by atoms with Gasteiger partial charge >= 0.3 is 0 Å². The molecular weight excluding hydrogens is 208 g/mol. The van der Waals surface area contributed by atoms with Crippen LogP contribution in [-0.2, 0) is 14.3 Å². The smallest absolute Gasteiger partial charge is 0.0979 e. The number of nitrogens with one attached hydrogen (secondary N) is 1. The van der Waals surface area contributed by atoms with E-state index in [0.717, 1.165) is 6.54 Å². The third-order valence-corrected chi connectivity index (χ3v) is 2.93. The quantitative estimate of drug-likeness (QED) is 0.479. The Balaban J connectivity index is 1.48. The summed E-state index contributed by atoms with van der Waals surface area (Å²) in [5, 5.41) is 0. The molecule has 1 saturated heterocycles. The molecule has 2 aliphatic rings. The van der Waals surface area contributed by atoms with E-state index in [1.165, 1.54) is 18.7 Å². The normalized spacial score (nSPS) is 22.7. The van der Waals surface area contributed by atoms with Crippen LogP contribution in [0.1, 0.15) is 6.42 Å². The van der Waals surface area contributed by atoms with E-state index < -0.39 is 0 Å². The molecule has 0 amide bonds. The molecule has 2 heterocycles. The lowest BCUT2D eigenvalue weighted by Crippen LogP contribution is -2.22. The van der Waals surface area contributed by atoms with Gasteiger partial charge in [-0.15, -0.1) is 0 Å². The number of hydrogen-bond acceptors (Lipinski definition) is 5. The van der Waals surface area contributed by atoms with E-state index in [1.54, 1.807) is 7.11 Å². The largest absolute Gasteiger partial charge is 0.382 e. The molecule has 1 atom stereocenters. The summed E-state index contributed by atoms with van der Waals surface area (Å²) in [6.07, 6.45) is 3.40. The molecule has 0 aromatic carbocycles. The van der Waals surface area contributed by atoms with Gasteiger partial charge in [-0.1, -0.05) is 0 Å². The molecule has 0 aromatic rings. The molecule has 0 radical (unpaired) electrons. The lowest BCUT2D eigenvalue weighted by molar-refractivity contribution is -0.00604. The van der Waals surface area contributed by atoms with Gasteiger partial charge in [0.15, 0.2) is 0 Å². The molecule has 5 nitrogen and oxygen atoms in total. The van der Waals surface area contributed by atoms with E-state index >= 15 is 0 Å². The van der Waals surface area contributed by atoms with Gasteiger partial charge in [0.2, 0.25) is 0 Å². The lowest BCUT2D eigenvalue weighted by Gasteiger charge is -2.15. The fourth-order valence-corrected chi connectivity index (χ4v) is 2.05. The highest BCUT2D eigenvalue weighted by Crippen LogP contribution is 2.29. The van der Waals surface area contributed by atoms with Crippen LogP contribution in [0.2, 0.25) is 0 Å². The Hall–Kier alpha value is -0.780. The van der Waals surface area contributed by atoms with E-state index in [0.29, 0.717) is 32.3 Å². The molecule has 1 N–H and O–H groups in total. The van der Waals surface area contributed by atoms with Gasteiger partial charge in [-0.05, 0) is 6.42 Å². The number of fused-ring (bicyclic) bond motifs is 2. The molecule has 2 bridgehead atoms. The van der Waals surface area contributed by atoms with Crippen molar-refractivity contribution in [3.8, 4) is 0 Å². The predicted molar refractivity (Wildman–Crippen MR) is 59.5 cm³/mol. The van der Waals surface area contributed by atoms with E-state index in [9.17, 15) is 0 Å². The maximum absolute atomic E-state index is 5.34. The number of nitrogens with zero attached hydrogens (tertiary/aromatic N) is 1. The summed E-state index contributed by atoms with van der Waals surface area (Å²) in [6.45, 7) is 4.76. The summed E-state index contributed by atoms with van der Waals surface area (Å²) in [6, 6.07) is 0. The van der Waals surface area contributed by atoms with Crippen LogP contribution in [-0.4, -0.2) is 51.5 Å². The molecule has 1 unspecified atom stereocenters. The van der Waals surface area contributed by atoms with Crippen molar-refractivity contribution in [1.29, 1.82) is 0 Å². The summed E-state index contributed by atoms with van der Waals surface area (Å²) >= 11 is 0. The summed E-state index contributed by atoms with van der Waals surface area (Å²) in [7, 11) is 1.67. The molecule has 1 fully saturated rings. The highest BCUT2D eigenvalue weighted by molar-refractivity contribution is 5.13. The highest BCUT2D eigenvalue weighted by Gasteiger charge is 2.30. The second kappa shape index (κ2) is 6.08. The first-order valence-corrected chi connectivity index (χ1v) is 5.80. The maximum atomic E-state index is 5.34. The molecule has 2 aliphatic heterocycles. The number of hydrogen-bond donors (Lipinski definition) is 1. The first-order valence-electron chi connectivity index (χ1n) is 5.80. The molecule has 92 valence electrons. The van der Waals surface area contributed by atoms with Crippen molar-refractivity contribution in [2.75, 3.05) is 46.6 Å². The third kappa shape index (κ3) is 3.10. The van der Waals surface area contributed by atoms with Gasteiger partial charge in [-0.2, -0.15) is 0 Å². The van der Waals surface area contributed by atoms with Gasteiger partial charge in [0.05, 0.1) is 32.1 Å². The van der Waals surface area contributed by atoms with Gasteiger partial charge in [-0.3, -0.25) is 10.3 Å². The van der Waals surface area contributed by atoms with Gasteiger partial charge in [0, 0.05) is 32.3 Å². The second-order valence-corrected chi connectivity index (χ2v) is 4.12. The molecular formula is C11H20N2O3. The molecule has 16 heavy (non-hydrogen) atoms. The zero-order valence-corrected chi connectivity index (χ0v) is 9.78. The number of ether oxygens (including phenoxy) is 2. The molecule has 0 saturated carbocycles. The summed E-state index contributed by atoms with van der Waals surface area (Å²) < 4.78 is 10.1. The maximum Gasteiger partial charge on any atom is 0.0979 e. The Morgan fingerprint density at radius 2 is 2.25 bits per heavy atom.